The number of amides is 1. The summed E-state index contributed by atoms with van der Waals surface area (Å²) >= 11 is 1.54. The molecule has 1 fully saturated rings. The number of hydrogen-bond acceptors (Lipinski definition) is 4. The van der Waals surface area contributed by atoms with Crippen molar-refractivity contribution in [2.45, 2.75) is 37.2 Å². The standard InChI is InChI=1S/C12H18N2O3S/c1-2-10-14(9(6-18-10)12(16)17)11(15)7-3-4-8(13)5-7/h3-4,7-10H,2,5-6,13H2,1H3,(H,16,17). The molecule has 4 unspecified atom stereocenters. The van der Waals surface area contributed by atoms with Crippen LogP contribution in [0.25, 0.3) is 0 Å². The second-order valence-electron chi connectivity index (χ2n) is 4.69. The number of thioether (sulfide) groups is 1. The number of carboxylic acid groups (broad SMARTS) is 1. The van der Waals surface area contributed by atoms with Crippen molar-refractivity contribution in [3.05, 3.63) is 12.2 Å². The Morgan fingerprint density at radius 2 is 2.22 bits per heavy atom. The Morgan fingerprint density at radius 3 is 2.72 bits per heavy atom. The lowest BCUT2D eigenvalue weighted by Gasteiger charge is -2.29. The quantitative estimate of drug-likeness (QED) is 0.736. The van der Waals surface area contributed by atoms with Crippen molar-refractivity contribution in [1.82, 2.24) is 4.90 Å². The van der Waals surface area contributed by atoms with Crippen molar-refractivity contribution in [1.29, 1.82) is 0 Å². The lowest BCUT2D eigenvalue weighted by molar-refractivity contribution is -0.150. The summed E-state index contributed by atoms with van der Waals surface area (Å²) < 4.78 is 0. The zero-order valence-electron chi connectivity index (χ0n) is 10.3. The average Bonchev–Trinajstić information content (AvgIpc) is 2.93. The molecule has 1 aliphatic carbocycles. The Kier molecular flexibility index (Phi) is 3.97. The van der Waals surface area contributed by atoms with Crippen LogP contribution in [0.5, 0.6) is 0 Å². The second-order valence-corrected chi connectivity index (χ2v) is 5.90. The largest absolute Gasteiger partial charge is 0.480 e. The summed E-state index contributed by atoms with van der Waals surface area (Å²) in [5.74, 6) is -0.793. The summed E-state index contributed by atoms with van der Waals surface area (Å²) in [6, 6.07) is -0.782. The Balaban J connectivity index is 2.14. The Labute approximate surface area is 110 Å². The third kappa shape index (κ3) is 2.40. The van der Waals surface area contributed by atoms with Gasteiger partial charge in [0.15, 0.2) is 0 Å². The van der Waals surface area contributed by atoms with Gasteiger partial charge in [0.25, 0.3) is 0 Å². The highest BCUT2D eigenvalue weighted by atomic mass is 32.2. The summed E-state index contributed by atoms with van der Waals surface area (Å²) in [6.45, 7) is 1.97. The zero-order chi connectivity index (χ0) is 13.3. The maximum absolute atomic E-state index is 12.4. The molecule has 1 saturated heterocycles. The molecular formula is C12H18N2O3S. The van der Waals surface area contributed by atoms with Gasteiger partial charge in [-0.25, -0.2) is 4.79 Å². The maximum Gasteiger partial charge on any atom is 0.327 e. The van der Waals surface area contributed by atoms with Crippen LogP contribution >= 0.6 is 11.8 Å². The second kappa shape index (κ2) is 5.32. The van der Waals surface area contributed by atoms with Gasteiger partial charge in [-0.3, -0.25) is 4.79 Å². The van der Waals surface area contributed by atoms with Gasteiger partial charge in [0.2, 0.25) is 5.91 Å². The van der Waals surface area contributed by atoms with Gasteiger partial charge in [0.1, 0.15) is 6.04 Å². The Bertz CT molecular complexity index is 386. The van der Waals surface area contributed by atoms with E-state index in [0.29, 0.717) is 12.2 Å². The van der Waals surface area contributed by atoms with Gasteiger partial charge in [0.05, 0.1) is 11.3 Å². The molecule has 0 saturated carbocycles. The van der Waals surface area contributed by atoms with Crippen molar-refractivity contribution < 1.29 is 14.7 Å². The highest BCUT2D eigenvalue weighted by Gasteiger charge is 2.43. The summed E-state index contributed by atoms with van der Waals surface area (Å²) in [7, 11) is 0. The van der Waals surface area contributed by atoms with Gasteiger partial charge in [-0.2, -0.15) is 0 Å². The lowest BCUT2D eigenvalue weighted by atomic mass is 10.0. The van der Waals surface area contributed by atoms with E-state index in [1.165, 1.54) is 0 Å². The molecule has 0 aromatic carbocycles. The van der Waals surface area contributed by atoms with Gasteiger partial charge in [-0.1, -0.05) is 19.1 Å². The molecule has 6 heteroatoms. The molecule has 0 aromatic rings. The zero-order valence-corrected chi connectivity index (χ0v) is 11.1. The smallest absolute Gasteiger partial charge is 0.327 e. The highest BCUT2D eigenvalue weighted by Crippen LogP contribution is 2.34. The van der Waals surface area contributed by atoms with Crippen molar-refractivity contribution in [3.8, 4) is 0 Å². The molecule has 2 aliphatic rings. The van der Waals surface area contributed by atoms with E-state index in [1.54, 1.807) is 16.7 Å². The van der Waals surface area contributed by atoms with E-state index >= 15 is 0 Å². The highest BCUT2D eigenvalue weighted by molar-refractivity contribution is 8.00. The van der Waals surface area contributed by atoms with Gasteiger partial charge in [-0.05, 0) is 12.8 Å². The molecule has 1 amide bonds. The van der Waals surface area contributed by atoms with Crippen molar-refractivity contribution in [2.75, 3.05) is 5.75 Å². The molecule has 0 radical (unpaired) electrons. The van der Waals surface area contributed by atoms with Crippen LogP contribution in [-0.4, -0.2) is 45.1 Å². The van der Waals surface area contributed by atoms with Crippen LogP contribution in [0.3, 0.4) is 0 Å². The molecule has 0 spiro atoms. The minimum absolute atomic E-state index is 0.0242. The minimum Gasteiger partial charge on any atom is -0.480 e. The molecule has 2 rings (SSSR count). The fraction of sp³-hybridized carbons (Fsp3) is 0.667. The van der Waals surface area contributed by atoms with E-state index in [0.717, 1.165) is 6.42 Å². The van der Waals surface area contributed by atoms with Crippen LogP contribution in [-0.2, 0) is 9.59 Å². The number of hydrogen-bond donors (Lipinski definition) is 2. The first-order chi connectivity index (χ1) is 8.54. The molecule has 100 valence electrons. The van der Waals surface area contributed by atoms with Gasteiger partial charge < -0.3 is 15.7 Å². The molecule has 18 heavy (non-hydrogen) atoms. The van der Waals surface area contributed by atoms with Gasteiger partial charge in [0, 0.05) is 11.8 Å². The van der Waals surface area contributed by atoms with Gasteiger partial charge in [-0.15, -0.1) is 11.8 Å². The minimum atomic E-state index is -0.918. The lowest BCUT2D eigenvalue weighted by Crippen LogP contribution is -2.47. The molecule has 1 heterocycles. The molecule has 1 aliphatic heterocycles. The number of nitrogens with two attached hydrogens (primary N) is 1. The molecular weight excluding hydrogens is 252 g/mol. The number of carbonyl (C=O) groups is 2. The Hall–Kier alpha value is -1.01. The summed E-state index contributed by atoms with van der Waals surface area (Å²) in [5, 5.41) is 9.17. The Morgan fingerprint density at radius 1 is 1.50 bits per heavy atom. The average molecular weight is 270 g/mol. The first-order valence-electron chi connectivity index (χ1n) is 6.15. The fourth-order valence-electron chi connectivity index (χ4n) is 2.47. The number of carboxylic acids is 1. The summed E-state index contributed by atoms with van der Waals surface area (Å²) in [4.78, 5) is 25.2. The maximum atomic E-state index is 12.4. The summed E-state index contributed by atoms with van der Waals surface area (Å²) in [6.07, 6.45) is 4.98. The van der Waals surface area contributed by atoms with Crippen molar-refractivity contribution in [2.24, 2.45) is 11.7 Å². The van der Waals surface area contributed by atoms with E-state index in [4.69, 9.17) is 5.73 Å². The van der Waals surface area contributed by atoms with Crippen LogP contribution in [0, 0.1) is 5.92 Å². The molecule has 0 bridgehead atoms. The van der Waals surface area contributed by atoms with E-state index in [-0.39, 0.29) is 23.2 Å². The molecule has 3 N–H and O–H groups in total. The predicted molar refractivity (Wildman–Crippen MR) is 70.0 cm³/mol. The van der Waals surface area contributed by atoms with Crippen molar-refractivity contribution in [3.63, 3.8) is 0 Å². The SMILES string of the molecule is CCC1SCC(C(=O)O)N1C(=O)C1C=CC(N)C1. The topological polar surface area (TPSA) is 83.6 Å². The number of nitrogens with zero attached hydrogens (tertiary/aromatic N) is 1. The summed E-state index contributed by atoms with van der Waals surface area (Å²) in [5.41, 5.74) is 5.74. The number of carbonyl (C=O) groups excluding carboxylic acids is 1. The van der Waals surface area contributed by atoms with E-state index < -0.39 is 12.0 Å². The molecule has 0 aromatic heterocycles. The van der Waals surface area contributed by atoms with E-state index in [2.05, 4.69) is 0 Å². The van der Waals surface area contributed by atoms with Crippen LogP contribution in [0.1, 0.15) is 19.8 Å². The van der Waals surface area contributed by atoms with Crippen LogP contribution < -0.4 is 5.73 Å². The number of aliphatic carboxylic acids is 1. The van der Waals surface area contributed by atoms with Crippen LogP contribution in [0.4, 0.5) is 0 Å². The monoisotopic (exact) mass is 270 g/mol. The van der Waals surface area contributed by atoms with Gasteiger partial charge >= 0.3 is 5.97 Å². The van der Waals surface area contributed by atoms with Crippen molar-refractivity contribution >= 4 is 23.6 Å². The number of rotatable bonds is 3. The first kappa shape index (κ1) is 13.4. The predicted octanol–water partition coefficient (Wildman–Crippen LogP) is 0.654. The van der Waals surface area contributed by atoms with Crippen LogP contribution in [0.2, 0.25) is 0 Å². The fourth-order valence-corrected chi connectivity index (χ4v) is 3.82. The third-order valence-corrected chi connectivity index (χ3v) is 4.87. The van der Waals surface area contributed by atoms with Crippen LogP contribution in [0.15, 0.2) is 12.2 Å². The normalized spacial score (nSPS) is 35.1. The van der Waals surface area contributed by atoms with E-state index in [9.17, 15) is 14.7 Å². The molecule has 4 atom stereocenters. The first-order valence-corrected chi connectivity index (χ1v) is 7.20. The van der Waals surface area contributed by atoms with E-state index in [1.807, 2.05) is 19.1 Å². The third-order valence-electron chi connectivity index (χ3n) is 3.42. The molecule has 5 nitrogen and oxygen atoms in total.